The second-order valence-electron chi connectivity index (χ2n) is 9.52. The van der Waals surface area contributed by atoms with Crippen LogP contribution in [-0.2, 0) is 0 Å². The maximum absolute atomic E-state index is 2.58. The van der Waals surface area contributed by atoms with Crippen molar-refractivity contribution in [2.75, 3.05) is 45.8 Å². The van der Waals surface area contributed by atoms with Crippen molar-refractivity contribution in [1.82, 2.24) is 14.7 Å². The van der Waals surface area contributed by atoms with E-state index in [0.29, 0.717) is 0 Å². The fourth-order valence-corrected chi connectivity index (χ4v) is 4.41. The minimum Gasteiger partial charge on any atom is -0.304 e. The van der Waals surface area contributed by atoms with Crippen molar-refractivity contribution in [3.63, 3.8) is 0 Å². The summed E-state index contributed by atoms with van der Waals surface area (Å²) in [6.45, 7) is 51.0. The number of rotatable bonds is 3. The summed E-state index contributed by atoms with van der Waals surface area (Å²) in [5.74, 6) is 0.927. The van der Waals surface area contributed by atoms with E-state index < -0.39 is 0 Å². The highest BCUT2D eigenvalue weighted by molar-refractivity contribution is 4.72. The number of piperidine rings is 3. The van der Waals surface area contributed by atoms with E-state index in [4.69, 9.17) is 0 Å². The molecule has 0 N–H and O–H groups in total. The molecule has 0 aromatic carbocycles. The first kappa shape index (κ1) is 56.6. The molecule has 3 saturated heterocycles. The molecule has 3 aliphatic heterocycles. The zero-order valence-corrected chi connectivity index (χ0v) is 33.7. The van der Waals surface area contributed by atoms with Crippen molar-refractivity contribution < 1.29 is 0 Å². The van der Waals surface area contributed by atoms with E-state index in [2.05, 4.69) is 56.2 Å². The topological polar surface area (TPSA) is 9.72 Å². The van der Waals surface area contributed by atoms with Gasteiger partial charge in [0.2, 0.25) is 0 Å². The van der Waals surface area contributed by atoms with Crippen LogP contribution >= 0.6 is 0 Å². The SMILES string of the molecule is CC.CC.CC.CC.CC.CC.CC.CC(C)N1CCCCC1.CC1CCCN(C(C)C)C1.CCN1CCCCC1. The lowest BCUT2D eigenvalue weighted by molar-refractivity contribution is 0.147. The molecule has 0 aromatic rings. The molecule has 0 radical (unpaired) electrons. The van der Waals surface area contributed by atoms with Crippen LogP contribution in [0.1, 0.15) is 190 Å². The molecule has 0 aromatic heterocycles. The molecule has 0 saturated carbocycles. The smallest absolute Gasteiger partial charge is 0.00387 e. The lowest BCUT2D eigenvalue weighted by Crippen LogP contribution is -2.38. The Kier molecular flexibility index (Phi) is 77.0. The van der Waals surface area contributed by atoms with Crippen molar-refractivity contribution in [2.24, 2.45) is 5.92 Å². The summed E-state index contributed by atoms with van der Waals surface area (Å²) < 4.78 is 0. The van der Waals surface area contributed by atoms with Crippen molar-refractivity contribution >= 4 is 0 Å². The summed E-state index contributed by atoms with van der Waals surface area (Å²) >= 11 is 0. The maximum atomic E-state index is 2.58. The van der Waals surface area contributed by atoms with E-state index >= 15 is 0 Å². The van der Waals surface area contributed by atoms with Crippen LogP contribution in [0.15, 0.2) is 0 Å². The molecule has 0 spiro atoms. The zero-order valence-electron chi connectivity index (χ0n) is 33.7. The van der Waals surface area contributed by atoms with E-state index in [-0.39, 0.29) is 0 Å². The lowest BCUT2D eigenvalue weighted by Gasteiger charge is -2.33. The van der Waals surface area contributed by atoms with E-state index in [9.17, 15) is 0 Å². The summed E-state index contributed by atoms with van der Waals surface area (Å²) in [6, 6.07) is 1.52. The Morgan fingerprint density at radius 2 is 0.780 bits per heavy atom. The highest BCUT2D eigenvalue weighted by Crippen LogP contribution is 2.17. The Labute approximate surface area is 268 Å². The minimum atomic E-state index is 0.753. The first-order valence-corrected chi connectivity index (χ1v) is 19.1. The highest BCUT2D eigenvalue weighted by atomic mass is 15.2. The Morgan fingerprint density at radius 1 is 0.463 bits per heavy atom. The molecule has 3 rings (SSSR count). The van der Waals surface area contributed by atoms with E-state index in [1.165, 1.54) is 97.2 Å². The first-order valence-electron chi connectivity index (χ1n) is 19.1. The number of hydrogen-bond acceptors (Lipinski definition) is 3. The predicted molar refractivity (Wildman–Crippen MR) is 201 cm³/mol. The normalized spacial score (nSPS) is 17.9. The molecular formula is C38H93N3. The monoisotopic (exact) mass is 592 g/mol. The van der Waals surface area contributed by atoms with Gasteiger partial charge in [-0.15, -0.1) is 0 Å². The third kappa shape index (κ3) is 44.4. The molecule has 1 atom stereocenters. The molecule has 3 heterocycles. The number of likely N-dealkylation sites (tertiary alicyclic amines) is 3. The molecule has 260 valence electrons. The molecule has 0 bridgehead atoms. The van der Waals surface area contributed by atoms with Gasteiger partial charge >= 0.3 is 0 Å². The fraction of sp³-hybridized carbons (Fsp3) is 1.00. The van der Waals surface area contributed by atoms with Crippen LogP contribution < -0.4 is 0 Å². The van der Waals surface area contributed by atoms with Crippen LogP contribution in [0.5, 0.6) is 0 Å². The van der Waals surface area contributed by atoms with Gasteiger partial charge in [-0.05, 0) is 111 Å². The second-order valence-corrected chi connectivity index (χ2v) is 9.52. The van der Waals surface area contributed by atoms with Crippen molar-refractivity contribution in [3.8, 4) is 0 Å². The molecule has 3 aliphatic rings. The molecule has 3 nitrogen and oxygen atoms in total. The van der Waals surface area contributed by atoms with E-state index in [1.54, 1.807) is 0 Å². The van der Waals surface area contributed by atoms with Crippen molar-refractivity contribution in [1.29, 1.82) is 0 Å². The lowest BCUT2D eigenvalue weighted by atomic mass is 9.99. The molecule has 0 amide bonds. The second kappa shape index (κ2) is 55.8. The summed E-state index contributed by atoms with van der Waals surface area (Å²) in [4.78, 5) is 7.65. The van der Waals surface area contributed by atoms with Gasteiger partial charge < -0.3 is 14.7 Å². The highest BCUT2D eigenvalue weighted by Gasteiger charge is 2.17. The van der Waals surface area contributed by atoms with Gasteiger partial charge in [-0.3, -0.25) is 0 Å². The average Bonchev–Trinajstić information content (AvgIpc) is 3.09. The van der Waals surface area contributed by atoms with Crippen LogP contribution in [0, 0.1) is 5.92 Å². The minimum absolute atomic E-state index is 0.753. The average molecular weight is 592 g/mol. The summed E-state index contributed by atoms with van der Waals surface area (Å²) in [6.07, 6.45) is 11.4. The standard InChI is InChI=1S/C9H19N.C8H17N.C7H15N.7C2H6/c1-8(2)10-6-4-5-9(3)7-10;1-8(2)9-6-4-3-5-7-9;1-2-8-6-4-3-5-7-8;7*1-2/h8-9H,4-7H2,1-3H3;8H,3-7H2,1-2H3;2-7H2,1H3;7*1-2H3. The van der Waals surface area contributed by atoms with E-state index in [1.807, 2.05) is 96.9 Å². The Bertz CT molecular complexity index is 332. The van der Waals surface area contributed by atoms with Crippen LogP contribution in [-0.4, -0.2) is 72.6 Å². The van der Waals surface area contributed by atoms with Crippen molar-refractivity contribution in [2.45, 2.75) is 202 Å². The Hall–Kier alpha value is -0.120. The molecule has 1 unspecified atom stereocenters. The van der Waals surface area contributed by atoms with Gasteiger partial charge in [-0.2, -0.15) is 0 Å². The predicted octanol–water partition coefficient (Wildman–Crippen LogP) is 12.7. The molecule has 3 fully saturated rings. The van der Waals surface area contributed by atoms with Crippen LogP contribution in [0.3, 0.4) is 0 Å². The molecule has 3 heteroatoms. The van der Waals surface area contributed by atoms with Gasteiger partial charge in [-0.25, -0.2) is 0 Å². The third-order valence-electron chi connectivity index (χ3n) is 6.44. The third-order valence-corrected chi connectivity index (χ3v) is 6.44. The van der Waals surface area contributed by atoms with Gasteiger partial charge in [0.05, 0.1) is 0 Å². The summed E-state index contributed by atoms with van der Waals surface area (Å²) in [7, 11) is 0. The molecule has 41 heavy (non-hydrogen) atoms. The summed E-state index contributed by atoms with van der Waals surface area (Å²) in [5.41, 5.74) is 0. The maximum Gasteiger partial charge on any atom is 0.00387 e. The Balaban J connectivity index is -0.0000000698. The Morgan fingerprint density at radius 3 is 1.00 bits per heavy atom. The van der Waals surface area contributed by atoms with Gasteiger partial charge in [-0.1, -0.05) is 124 Å². The molecular weight excluding hydrogens is 498 g/mol. The van der Waals surface area contributed by atoms with E-state index in [0.717, 1.165) is 18.0 Å². The fourth-order valence-electron chi connectivity index (χ4n) is 4.41. The summed E-state index contributed by atoms with van der Waals surface area (Å²) in [5, 5.41) is 0. The zero-order chi connectivity index (χ0) is 34.1. The van der Waals surface area contributed by atoms with Crippen LogP contribution in [0.25, 0.3) is 0 Å². The molecule has 0 aliphatic carbocycles. The van der Waals surface area contributed by atoms with Gasteiger partial charge in [0.25, 0.3) is 0 Å². The largest absolute Gasteiger partial charge is 0.304 e. The van der Waals surface area contributed by atoms with Gasteiger partial charge in [0, 0.05) is 18.6 Å². The number of hydrogen-bond donors (Lipinski definition) is 0. The number of nitrogens with zero attached hydrogens (tertiary/aromatic N) is 3. The van der Waals surface area contributed by atoms with Crippen LogP contribution in [0.2, 0.25) is 0 Å². The quantitative estimate of drug-likeness (QED) is 0.323. The first-order chi connectivity index (χ1) is 19.9. The van der Waals surface area contributed by atoms with Gasteiger partial charge in [0.1, 0.15) is 0 Å². The van der Waals surface area contributed by atoms with Gasteiger partial charge in [0.15, 0.2) is 0 Å². The van der Waals surface area contributed by atoms with Crippen molar-refractivity contribution in [3.05, 3.63) is 0 Å². The van der Waals surface area contributed by atoms with Crippen LogP contribution in [0.4, 0.5) is 0 Å².